The second kappa shape index (κ2) is 32.5. The minimum Gasteiger partial charge on any atom is -0.508 e. The SMILES string of the molecule is CC(C)C[C@H](NC(=O)[C@H](Cc1ccc(O)cc1)NC(=O)[C@H](CO)NC(=O)[C@H](Cc1c[nH]c2ccccc12)NC(=O)[C@H](Cc1cnc[nH]1)NC(=O)[C@@H]1CCC(=O)N1)C(=O)N[C@@H](CCCN=C(N)N)C(=O)N1CCC[C@H]1C(=O)NNC(N)=O.O=C(O)C(F)(F)F. The third-order valence-electron chi connectivity index (χ3n) is 13.8. The minimum absolute atomic E-state index is 0.0160. The maximum atomic E-state index is 14.6. The van der Waals surface area contributed by atoms with E-state index in [4.69, 9.17) is 27.1 Å². The highest BCUT2D eigenvalue weighted by Gasteiger charge is 2.41. The number of aliphatic carboxylic acids is 1. The number of aliphatic imine (C=N–C) groups is 1. The summed E-state index contributed by atoms with van der Waals surface area (Å²) in [5.41, 5.74) is 22.5. The quantitative estimate of drug-likeness (QED) is 0.0124. The van der Waals surface area contributed by atoms with Gasteiger partial charge in [-0.1, -0.05) is 44.2 Å². The number of hydrogen-bond donors (Lipinski definition) is 17. The van der Waals surface area contributed by atoms with Gasteiger partial charge in [0.2, 0.25) is 47.3 Å². The predicted octanol–water partition coefficient (Wildman–Crippen LogP) is -2.77. The average molecular weight is 1240 g/mol. The number of primary amides is 1. The number of aromatic nitrogens is 3. The number of carbonyl (C=O) groups excluding carboxylic acids is 10. The molecular formula is C54H72F3N17O14. The van der Waals surface area contributed by atoms with Gasteiger partial charge in [0.15, 0.2) is 5.96 Å². The molecule has 0 aliphatic carbocycles. The van der Waals surface area contributed by atoms with Crippen LogP contribution in [-0.4, -0.2) is 181 Å². The van der Waals surface area contributed by atoms with Crippen LogP contribution < -0.4 is 65.3 Å². The number of aromatic hydroxyl groups is 1. The van der Waals surface area contributed by atoms with Crippen molar-refractivity contribution in [3.63, 3.8) is 0 Å². The molecule has 20 N–H and O–H groups in total. The van der Waals surface area contributed by atoms with Gasteiger partial charge in [0, 0.05) is 67.8 Å². The fraction of sp³-hybridized carbons (Fsp3) is 0.463. The molecule has 2 aromatic carbocycles. The largest absolute Gasteiger partial charge is 0.508 e. The van der Waals surface area contributed by atoms with Gasteiger partial charge in [-0.15, -0.1) is 0 Å². The number of nitrogens with zero attached hydrogens (tertiary/aromatic N) is 3. The Kier molecular flexibility index (Phi) is 25.4. The molecule has 0 radical (unpaired) electrons. The number of rotatable bonds is 27. The Balaban J connectivity index is 0.00000190. The molecule has 31 nitrogen and oxygen atoms in total. The van der Waals surface area contributed by atoms with E-state index in [1.54, 1.807) is 44.3 Å². The number of phenolic OH excluding ortho intramolecular Hbond substituents is 1. The number of urea groups is 1. The highest BCUT2D eigenvalue weighted by atomic mass is 19.4. The zero-order valence-electron chi connectivity index (χ0n) is 47.8. The Morgan fingerprint density at radius 2 is 1.34 bits per heavy atom. The minimum atomic E-state index is -5.08. The Labute approximate surface area is 500 Å². The van der Waals surface area contributed by atoms with Gasteiger partial charge in [-0.25, -0.2) is 20.0 Å². The number of H-pyrrole nitrogens is 2. The lowest BCUT2D eigenvalue weighted by Gasteiger charge is -2.30. The molecule has 4 heterocycles. The van der Waals surface area contributed by atoms with E-state index in [1.165, 1.54) is 41.7 Å². The van der Waals surface area contributed by atoms with Crippen molar-refractivity contribution < 1.29 is 81.2 Å². The molecule has 8 atom stereocenters. The van der Waals surface area contributed by atoms with E-state index in [9.17, 15) is 71.3 Å². The number of nitrogens with one attached hydrogen (secondary N) is 11. The fourth-order valence-corrected chi connectivity index (χ4v) is 9.44. The van der Waals surface area contributed by atoms with Crippen LogP contribution in [0.2, 0.25) is 0 Å². The number of fused-ring (bicyclic) bond motifs is 1. The Morgan fingerprint density at radius 3 is 1.92 bits per heavy atom. The maximum Gasteiger partial charge on any atom is 0.490 e. The van der Waals surface area contributed by atoms with Gasteiger partial charge >= 0.3 is 18.2 Å². The van der Waals surface area contributed by atoms with Crippen LogP contribution in [0.15, 0.2) is 72.2 Å². The third kappa shape index (κ3) is 21.2. The average Bonchev–Trinajstić information content (AvgIpc) is 4.54. The van der Waals surface area contributed by atoms with Crippen molar-refractivity contribution in [3.8, 4) is 5.75 Å². The zero-order chi connectivity index (χ0) is 64.8. The normalized spacial score (nSPS) is 16.6. The van der Waals surface area contributed by atoms with Gasteiger partial charge in [-0.3, -0.25) is 53.6 Å². The number of para-hydroxylation sites is 1. The van der Waals surface area contributed by atoms with E-state index in [1.807, 2.05) is 5.43 Å². The van der Waals surface area contributed by atoms with Crippen molar-refractivity contribution in [2.45, 2.75) is 133 Å². The number of benzene rings is 2. The van der Waals surface area contributed by atoms with Crippen LogP contribution in [0, 0.1) is 5.92 Å². The standard InChI is InChI=1S/C52H71N17O12.C2HF3O2/c1-27(2)19-36(44(74)61-35(9-5-17-57-51(53)54)50(80)69-18-6-10-41(69)49(79)67-68-52(55)81)62-45(75)37(20-28-11-13-31(71)14-12-28)63-48(78)40(25-70)66-46(76)38(21-29-23-58-33-8-4-3-7-32(29)33)64-47(77)39(22-30-24-56-26-59-30)65-43(73)34-15-16-42(72)60-34;3-2(4,5)1(6)7/h3-4,7-8,11-14,23-24,26-27,34-41,58,70-71H,5-6,9-10,15-22,25H2,1-2H3,(H,56,59)(H,60,72)(H,61,74)(H,62,75)(H,63,78)(H,64,77)(H,65,73)(H,66,76)(H,67,79)(H4,53,54,57)(H3,55,68,81);(H,6,7)/t34-,35-,36-,37-,38-,39-,40-,41-;/m0./s1. The summed E-state index contributed by atoms with van der Waals surface area (Å²) in [5.74, 6) is -10.2. The number of amides is 11. The molecule has 2 aliphatic heterocycles. The molecule has 34 heteroatoms. The van der Waals surface area contributed by atoms with Crippen molar-refractivity contribution >= 4 is 82.0 Å². The van der Waals surface area contributed by atoms with E-state index < -0.39 is 120 Å². The summed E-state index contributed by atoms with van der Waals surface area (Å²) in [4.78, 5) is 160. The smallest absolute Gasteiger partial charge is 0.490 e. The molecule has 2 fully saturated rings. The number of aliphatic hydroxyl groups is 1. The Morgan fingerprint density at radius 1 is 0.750 bits per heavy atom. The van der Waals surface area contributed by atoms with E-state index >= 15 is 0 Å². The van der Waals surface area contributed by atoms with E-state index in [0.29, 0.717) is 34.1 Å². The molecule has 2 saturated heterocycles. The van der Waals surface area contributed by atoms with E-state index in [-0.39, 0.29) is 94.4 Å². The van der Waals surface area contributed by atoms with Crippen LogP contribution in [0.5, 0.6) is 5.75 Å². The monoisotopic (exact) mass is 1240 g/mol. The molecule has 88 heavy (non-hydrogen) atoms. The number of alkyl halides is 3. The number of hydrogen-bond acceptors (Lipinski definition) is 15. The second-order valence-electron chi connectivity index (χ2n) is 21.0. The molecule has 0 unspecified atom stereocenters. The van der Waals surface area contributed by atoms with Gasteiger partial charge in [0.25, 0.3) is 5.91 Å². The lowest BCUT2D eigenvalue weighted by Crippen LogP contribution is -2.61. The lowest BCUT2D eigenvalue weighted by molar-refractivity contribution is -0.192. The number of guanidine groups is 1. The van der Waals surface area contributed by atoms with Gasteiger partial charge in [-0.05, 0) is 73.8 Å². The Bertz CT molecular complexity index is 3140. The van der Waals surface area contributed by atoms with Crippen molar-refractivity contribution in [2.24, 2.45) is 28.1 Å². The summed E-state index contributed by atoms with van der Waals surface area (Å²) in [5, 5.41) is 47.1. The molecule has 0 saturated carbocycles. The van der Waals surface area contributed by atoms with Crippen LogP contribution in [-0.2, 0) is 67.2 Å². The van der Waals surface area contributed by atoms with Crippen molar-refractivity contribution in [1.29, 1.82) is 0 Å². The van der Waals surface area contributed by atoms with Crippen LogP contribution in [0.4, 0.5) is 18.0 Å². The number of phenols is 1. The highest BCUT2D eigenvalue weighted by Crippen LogP contribution is 2.22. The number of carboxylic acid groups (broad SMARTS) is 1. The first-order valence-electron chi connectivity index (χ1n) is 27.7. The summed E-state index contributed by atoms with van der Waals surface area (Å²) in [7, 11) is 0. The fourth-order valence-electron chi connectivity index (χ4n) is 9.44. The molecule has 2 aliphatic rings. The van der Waals surface area contributed by atoms with Crippen molar-refractivity contribution in [2.75, 3.05) is 19.7 Å². The first-order valence-corrected chi connectivity index (χ1v) is 27.7. The predicted molar refractivity (Wildman–Crippen MR) is 305 cm³/mol. The van der Waals surface area contributed by atoms with Crippen LogP contribution in [0.1, 0.15) is 75.6 Å². The molecule has 478 valence electrons. The number of aromatic amines is 2. The van der Waals surface area contributed by atoms with Gasteiger partial charge in [0.05, 0.1) is 12.9 Å². The summed E-state index contributed by atoms with van der Waals surface area (Å²) < 4.78 is 31.7. The molecule has 2 aromatic heterocycles. The van der Waals surface area contributed by atoms with Crippen molar-refractivity contribution in [1.82, 2.24) is 67.9 Å². The number of imidazole rings is 1. The summed E-state index contributed by atoms with van der Waals surface area (Å²) >= 11 is 0. The number of carbonyl (C=O) groups is 11. The second-order valence-corrected chi connectivity index (χ2v) is 21.0. The van der Waals surface area contributed by atoms with Gasteiger partial charge < -0.3 is 84.6 Å². The van der Waals surface area contributed by atoms with Gasteiger partial charge in [0.1, 0.15) is 54.1 Å². The summed E-state index contributed by atoms with van der Waals surface area (Å²) in [6, 6.07) is 1.21. The summed E-state index contributed by atoms with van der Waals surface area (Å²) in [6.45, 7) is 2.75. The van der Waals surface area contributed by atoms with Crippen LogP contribution >= 0.6 is 0 Å². The maximum absolute atomic E-state index is 14.6. The molecule has 0 bridgehead atoms. The third-order valence-corrected chi connectivity index (χ3v) is 13.8. The summed E-state index contributed by atoms with van der Waals surface area (Å²) in [6.07, 6.45) is 0.00620. The number of carboxylic acids is 1. The highest BCUT2D eigenvalue weighted by molar-refractivity contribution is 5.99. The van der Waals surface area contributed by atoms with Crippen molar-refractivity contribution in [3.05, 3.63) is 84.1 Å². The number of hydrazine groups is 1. The lowest BCUT2D eigenvalue weighted by atomic mass is 10.00. The molecule has 4 aromatic rings. The van der Waals surface area contributed by atoms with Gasteiger partial charge in [-0.2, -0.15) is 13.2 Å². The molecule has 0 spiro atoms. The van der Waals surface area contributed by atoms with Crippen LogP contribution in [0.3, 0.4) is 0 Å². The first-order chi connectivity index (χ1) is 41.6. The van der Waals surface area contributed by atoms with E-state index in [2.05, 4.69) is 62.6 Å². The number of likely N-dealkylation sites (tertiary alicyclic amines) is 1. The molecule has 6 rings (SSSR count). The number of halogens is 3. The topological polar surface area (TPSA) is 495 Å². The zero-order valence-corrected chi connectivity index (χ0v) is 47.8. The number of nitrogens with two attached hydrogens (primary N) is 3. The van der Waals surface area contributed by atoms with E-state index in [0.717, 1.165) is 0 Å². The Hall–Kier alpha value is -10.0. The molecule has 11 amide bonds. The molecular weight excluding hydrogens is 1170 g/mol. The number of aliphatic hydroxyl groups excluding tert-OH is 1. The first kappa shape index (κ1) is 68.8. The van der Waals surface area contributed by atoms with Crippen LogP contribution in [0.25, 0.3) is 10.9 Å².